The van der Waals surface area contributed by atoms with Gasteiger partial charge in [-0.25, -0.2) is 13.6 Å². The SMILES string of the molecule is CCc1oc(C(=O)N(Cc2c(F)cccc2F)C2CC2)cc1C(=O)O. The van der Waals surface area contributed by atoms with Gasteiger partial charge in [-0.2, -0.15) is 0 Å². The van der Waals surface area contributed by atoms with E-state index in [9.17, 15) is 23.5 Å². The van der Waals surface area contributed by atoms with Gasteiger partial charge >= 0.3 is 5.97 Å². The molecule has 1 aliphatic rings. The molecule has 1 heterocycles. The van der Waals surface area contributed by atoms with Crippen LogP contribution in [0.15, 0.2) is 28.7 Å². The van der Waals surface area contributed by atoms with Gasteiger partial charge in [-0.3, -0.25) is 4.79 Å². The molecule has 1 aromatic heterocycles. The van der Waals surface area contributed by atoms with E-state index in [4.69, 9.17) is 4.42 Å². The summed E-state index contributed by atoms with van der Waals surface area (Å²) in [7, 11) is 0. The predicted octanol–water partition coefficient (Wildman–Crippen LogP) is 3.62. The van der Waals surface area contributed by atoms with Crippen molar-refractivity contribution < 1.29 is 27.9 Å². The standard InChI is InChI=1S/C18H17F2NO4/c1-2-15-11(18(23)24)8-16(25-15)17(22)21(10-6-7-10)9-12-13(19)4-3-5-14(12)20/h3-5,8,10H,2,6-7,9H2,1H3,(H,23,24). The van der Waals surface area contributed by atoms with Gasteiger partial charge < -0.3 is 14.4 Å². The van der Waals surface area contributed by atoms with Crippen molar-refractivity contribution in [1.29, 1.82) is 0 Å². The third-order valence-electron chi connectivity index (χ3n) is 4.21. The molecular formula is C18H17F2NO4. The highest BCUT2D eigenvalue weighted by Gasteiger charge is 2.36. The lowest BCUT2D eigenvalue weighted by molar-refractivity contribution is 0.0682. The van der Waals surface area contributed by atoms with E-state index in [1.165, 1.54) is 17.0 Å². The number of nitrogens with zero attached hydrogens (tertiary/aromatic N) is 1. The second-order valence-electron chi connectivity index (χ2n) is 5.97. The minimum Gasteiger partial charge on any atom is -0.478 e. The highest BCUT2D eigenvalue weighted by molar-refractivity contribution is 5.96. The van der Waals surface area contributed by atoms with Crippen LogP contribution < -0.4 is 0 Å². The molecule has 1 saturated carbocycles. The summed E-state index contributed by atoms with van der Waals surface area (Å²) in [4.78, 5) is 25.3. The molecule has 5 nitrogen and oxygen atoms in total. The zero-order valence-corrected chi connectivity index (χ0v) is 13.6. The molecule has 1 fully saturated rings. The average molecular weight is 349 g/mol. The Hall–Kier alpha value is -2.70. The molecule has 1 N–H and O–H groups in total. The Balaban J connectivity index is 1.91. The summed E-state index contributed by atoms with van der Waals surface area (Å²) >= 11 is 0. The molecule has 25 heavy (non-hydrogen) atoms. The Morgan fingerprint density at radius 1 is 1.28 bits per heavy atom. The van der Waals surface area contributed by atoms with Gasteiger partial charge in [-0.05, 0) is 25.0 Å². The normalized spacial score (nSPS) is 13.7. The van der Waals surface area contributed by atoms with Gasteiger partial charge in [0.15, 0.2) is 5.76 Å². The highest BCUT2D eigenvalue weighted by Crippen LogP contribution is 2.31. The van der Waals surface area contributed by atoms with Crippen LogP contribution in [0.25, 0.3) is 0 Å². The van der Waals surface area contributed by atoms with Crippen molar-refractivity contribution in [3.05, 3.63) is 58.5 Å². The van der Waals surface area contributed by atoms with Crippen molar-refractivity contribution in [2.24, 2.45) is 0 Å². The summed E-state index contributed by atoms with van der Waals surface area (Å²) in [5.41, 5.74) is -0.262. The van der Waals surface area contributed by atoms with Crippen molar-refractivity contribution in [3.63, 3.8) is 0 Å². The van der Waals surface area contributed by atoms with Gasteiger partial charge in [0, 0.05) is 24.1 Å². The molecule has 132 valence electrons. The molecule has 0 aliphatic heterocycles. The molecule has 0 saturated heterocycles. The maximum Gasteiger partial charge on any atom is 0.339 e. The van der Waals surface area contributed by atoms with Gasteiger partial charge in [-0.15, -0.1) is 0 Å². The molecule has 3 rings (SSSR count). The summed E-state index contributed by atoms with van der Waals surface area (Å²) in [6.45, 7) is 1.49. The number of halogens is 2. The first-order chi connectivity index (χ1) is 11.9. The Bertz CT molecular complexity index is 806. The highest BCUT2D eigenvalue weighted by atomic mass is 19.1. The van der Waals surface area contributed by atoms with Crippen LogP contribution in [-0.2, 0) is 13.0 Å². The van der Waals surface area contributed by atoms with Crippen molar-refractivity contribution in [2.75, 3.05) is 0 Å². The summed E-state index contributed by atoms with van der Waals surface area (Å²) in [6.07, 6.45) is 1.78. The Morgan fingerprint density at radius 2 is 1.92 bits per heavy atom. The van der Waals surface area contributed by atoms with Crippen LogP contribution >= 0.6 is 0 Å². The number of hydrogen-bond acceptors (Lipinski definition) is 3. The van der Waals surface area contributed by atoms with Gasteiger partial charge in [-0.1, -0.05) is 13.0 Å². The van der Waals surface area contributed by atoms with Gasteiger partial charge in [0.05, 0.1) is 6.54 Å². The average Bonchev–Trinajstić information content (AvgIpc) is 3.31. The Labute approximate surface area is 142 Å². The fourth-order valence-corrected chi connectivity index (χ4v) is 2.73. The second kappa shape index (κ2) is 6.66. The molecule has 2 aromatic rings. The van der Waals surface area contributed by atoms with E-state index in [1.54, 1.807) is 6.92 Å². The molecule has 0 unspecified atom stereocenters. The van der Waals surface area contributed by atoms with Gasteiger partial charge in [0.1, 0.15) is 23.0 Å². The Kier molecular flexibility index (Phi) is 4.57. The number of hydrogen-bond donors (Lipinski definition) is 1. The number of amides is 1. The number of furan rings is 1. The third-order valence-corrected chi connectivity index (χ3v) is 4.21. The quantitative estimate of drug-likeness (QED) is 0.865. The van der Waals surface area contributed by atoms with Gasteiger partial charge in [0.2, 0.25) is 0 Å². The lowest BCUT2D eigenvalue weighted by atomic mass is 10.1. The number of carboxylic acid groups (broad SMARTS) is 1. The van der Waals surface area contributed by atoms with Crippen LogP contribution in [0, 0.1) is 11.6 Å². The van der Waals surface area contributed by atoms with Gasteiger partial charge in [0.25, 0.3) is 5.91 Å². The topological polar surface area (TPSA) is 70.8 Å². The molecule has 0 radical (unpaired) electrons. The number of benzene rings is 1. The van der Waals surface area contributed by atoms with E-state index >= 15 is 0 Å². The fraction of sp³-hybridized carbons (Fsp3) is 0.333. The van der Waals surface area contributed by atoms with E-state index in [1.807, 2.05) is 0 Å². The first-order valence-electron chi connectivity index (χ1n) is 8.02. The third kappa shape index (κ3) is 3.40. The lowest BCUT2D eigenvalue weighted by Crippen LogP contribution is -2.33. The van der Waals surface area contributed by atoms with Crippen LogP contribution in [0.4, 0.5) is 8.78 Å². The maximum absolute atomic E-state index is 13.9. The summed E-state index contributed by atoms with van der Waals surface area (Å²) in [5.74, 6) is -3.12. The number of rotatable bonds is 6. The Morgan fingerprint density at radius 3 is 2.40 bits per heavy atom. The van der Waals surface area contributed by atoms with E-state index < -0.39 is 23.5 Å². The van der Waals surface area contributed by atoms with Crippen LogP contribution in [-0.4, -0.2) is 27.9 Å². The second-order valence-corrected chi connectivity index (χ2v) is 5.97. The van der Waals surface area contributed by atoms with Crippen LogP contribution in [0.5, 0.6) is 0 Å². The molecule has 1 aliphatic carbocycles. The largest absolute Gasteiger partial charge is 0.478 e. The van der Waals surface area contributed by atoms with E-state index in [0.29, 0.717) is 6.42 Å². The fourth-order valence-electron chi connectivity index (χ4n) is 2.73. The zero-order valence-electron chi connectivity index (χ0n) is 13.6. The molecule has 0 atom stereocenters. The minimum atomic E-state index is -1.18. The van der Waals surface area contributed by atoms with Crippen LogP contribution in [0.2, 0.25) is 0 Å². The van der Waals surface area contributed by atoms with Crippen molar-refractivity contribution in [3.8, 4) is 0 Å². The molecule has 1 amide bonds. The first-order valence-corrected chi connectivity index (χ1v) is 8.02. The van der Waals surface area contributed by atoms with Crippen molar-refractivity contribution in [1.82, 2.24) is 4.90 Å². The summed E-state index contributed by atoms with van der Waals surface area (Å²) < 4.78 is 33.2. The number of carbonyl (C=O) groups is 2. The molecule has 0 spiro atoms. The minimum absolute atomic E-state index is 0.0707. The maximum atomic E-state index is 13.9. The van der Waals surface area contributed by atoms with Crippen molar-refractivity contribution >= 4 is 11.9 Å². The number of aryl methyl sites for hydroxylation is 1. The number of carboxylic acids is 1. The van der Waals surface area contributed by atoms with Crippen molar-refractivity contribution in [2.45, 2.75) is 38.8 Å². The molecule has 0 bridgehead atoms. The number of carbonyl (C=O) groups excluding carboxylic acids is 1. The summed E-state index contributed by atoms with van der Waals surface area (Å²) in [6, 6.07) is 4.58. The number of aromatic carboxylic acids is 1. The smallest absolute Gasteiger partial charge is 0.339 e. The zero-order chi connectivity index (χ0) is 18.1. The van der Waals surface area contributed by atoms with E-state index in [-0.39, 0.29) is 35.2 Å². The molecular weight excluding hydrogens is 332 g/mol. The van der Waals surface area contributed by atoms with E-state index in [0.717, 1.165) is 25.0 Å². The first kappa shape index (κ1) is 17.1. The van der Waals surface area contributed by atoms with E-state index in [2.05, 4.69) is 0 Å². The van der Waals surface area contributed by atoms with Crippen LogP contribution in [0.3, 0.4) is 0 Å². The predicted molar refractivity (Wildman–Crippen MR) is 84.3 cm³/mol. The molecule has 1 aromatic carbocycles. The molecule has 7 heteroatoms. The van der Waals surface area contributed by atoms with Crippen LogP contribution in [0.1, 0.15) is 52.0 Å². The summed E-state index contributed by atoms with van der Waals surface area (Å²) in [5, 5.41) is 9.18. The lowest BCUT2D eigenvalue weighted by Gasteiger charge is -2.22. The monoisotopic (exact) mass is 349 g/mol.